The Kier molecular flexibility index (Phi) is 4.13. The molecule has 0 radical (unpaired) electrons. The van der Waals surface area contributed by atoms with Crippen LogP contribution in [0.3, 0.4) is 0 Å². The van der Waals surface area contributed by atoms with E-state index in [-0.39, 0.29) is 6.61 Å². The Labute approximate surface area is 84.2 Å². The monoisotopic (exact) mass is 224 g/mol. The Balaban J connectivity index is 2.36. The standard InChI is InChI=1S/C8H11F3N2O2/c9-8(10,11)5-14-4-6(13-12)7-2-1-3-15-7/h1-3,6,13H,4-5,12H2. The zero-order chi connectivity index (χ0) is 11.3. The number of alkyl halides is 3. The van der Waals surface area contributed by atoms with Gasteiger partial charge in [-0.1, -0.05) is 0 Å². The smallest absolute Gasteiger partial charge is 0.411 e. The van der Waals surface area contributed by atoms with E-state index in [0.717, 1.165) is 0 Å². The zero-order valence-corrected chi connectivity index (χ0v) is 7.75. The molecule has 0 spiro atoms. The van der Waals surface area contributed by atoms with Crippen molar-refractivity contribution in [1.82, 2.24) is 5.43 Å². The Morgan fingerprint density at radius 1 is 1.53 bits per heavy atom. The third-order valence-electron chi connectivity index (χ3n) is 1.64. The second-order valence-corrected chi connectivity index (χ2v) is 2.86. The number of nitrogens with one attached hydrogen (secondary N) is 1. The van der Waals surface area contributed by atoms with Crippen LogP contribution in [0.4, 0.5) is 13.2 Å². The largest absolute Gasteiger partial charge is 0.468 e. The molecular formula is C8H11F3N2O2. The minimum atomic E-state index is -4.33. The topological polar surface area (TPSA) is 60.4 Å². The van der Waals surface area contributed by atoms with Crippen LogP contribution < -0.4 is 11.3 Å². The van der Waals surface area contributed by atoms with Crippen LogP contribution in [-0.4, -0.2) is 19.4 Å². The van der Waals surface area contributed by atoms with E-state index in [2.05, 4.69) is 10.2 Å². The Morgan fingerprint density at radius 3 is 2.73 bits per heavy atom. The molecule has 4 nitrogen and oxygen atoms in total. The highest BCUT2D eigenvalue weighted by Gasteiger charge is 2.28. The molecule has 0 bridgehead atoms. The molecule has 0 aromatic carbocycles. The van der Waals surface area contributed by atoms with E-state index in [9.17, 15) is 13.2 Å². The van der Waals surface area contributed by atoms with Crippen molar-refractivity contribution >= 4 is 0 Å². The van der Waals surface area contributed by atoms with E-state index < -0.39 is 18.8 Å². The van der Waals surface area contributed by atoms with Crippen molar-refractivity contribution in [3.05, 3.63) is 24.2 Å². The number of halogens is 3. The summed E-state index contributed by atoms with van der Waals surface area (Å²) in [6, 6.07) is 2.63. The van der Waals surface area contributed by atoms with Crippen molar-refractivity contribution < 1.29 is 22.3 Å². The van der Waals surface area contributed by atoms with E-state index in [1.807, 2.05) is 0 Å². The summed E-state index contributed by atoms with van der Waals surface area (Å²) in [4.78, 5) is 0. The van der Waals surface area contributed by atoms with Crippen LogP contribution in [0.5, 0.6) is 0 Å². The Hall–Kier alpha value is -1.05. The SMILES string of the molecule is NNC(COCC(F)(F)F)c1ccco1. The molecule has 0 amide bonds. The van der Waals surface area contributed by atoms with Crippen molar-refractivity contribution in [2.75, 3.05) is 13.2 Å². The molecule has 1 rings (SSSR count). The van der Waals surface area contributed by atoms with Gasteiger partial charge < -0.3 is 9.15 Å². The molecule has 3 N–H and O–H groups in total. The summed E-state index contributed by atoms with van der Waals surface area (Å²) < 4.78 is 44.7. The van der Waals surface area contributed by atoms with E-state index in [1.54, 1.807) is 12.1 Å². The lowest BCUT2D eigenvalue weighted by Gasteiger charge is -2.14. The summed E-state index contributed by atoms with van der Waals surface area (Å²) in [6.45, 7) is -1.50. The lowest BCUT2D eigenvalue weighted by molar-refractivity contribution is -0.175. The lowest BCUT2D eigenvalue weighted by Crippen LogP contribution is -2.32. The molecule has 1 aromatic heterocycles. The predicted octanol–water partition coefficient (Wildman–Crippen LogP) is 1.36. The number of ether oxygens (including phenoxy) is 1. The average Bonchev–Trinajstić information content (AvgIpc) is 2.63. The number of furan rings is 1. The maximum absolute atomic E-state index is 11.8. The van der Waals surface area contributed by atoms with Gasteiger partial charge in [0.1, 0.15) is 18.4 Å². The molecule has 1 aromatic rings. The fraction of sp³-hybridized carbons (Fsp3) is 0.500. The van der Waals surface area contributed by atoms with Gasteiger partial charge in [-0.2, -0.15) is 13.2 Å². The first-order valence-electron chi connectivity index (χ1n) is 4.17. The Morgan fingerprint density at radius 2 is 2.27 bits per heavy atom. The molecule has 7 heteroatoms. The average molecular weight is 224 g/mol. The number of rotatable bonds is 5. The molecule has 1 heterocycles. The van der Waals surface area contributed by atoms with Gasteiger partial charge in [-0.05, 0) is 12.1 Å². The number of hydrazine groups is 1. The molecule has 86 valence electrons. The second-order valence-electron chi connectivity index (χ2n) is 2.86. The maximum atomic E-state index is 11.8. The van der Waals surface area contributed by atoms with Crippen molar-refractivity contribution in [2.45, 2.75) is 12.2 Å². The van der Waals surface area contributed by atoms with Gasteiger partial charge in [0.25, 0.3) is 0 Å². The van der Waals surface area contributed by atoms with Gasteiger partial charge in [0.2, 0.25) is 0 Å². The molecule has 0 saturated heterocycles. The molecule has 1 unspecified atom stereocenters. The molecule has 15 heavy (non-hydrogen) atoms. The van der Waals surface area contributed by atoms with Crippen LogP contribution in [0, 0.1) is 0 Å². The maximum Gasteiger partial charge on any atom is 0.411 e. The molecule has 0 aliphatic rings. The second kappa shape index (κ2) is 5.15. The van der Waals surface area contributed by atoms with Crippen LogP contribution in [0.1, 0.15) is 11.8 Å². The number of hydrogen-bond donors (Lipinski definition) is 2. The van der Waals surface area contributed by atoms with Crippen molar-refractivity contribution in [3.8, 4) is 0 Å². The van der Waals surface area contributed by atoms with Gasteiger partial charge in [0, 0.05) is 0 Å². The van der Waals surface area contributed by atoms with Crippen molar-refractivity contribution in [3.63, 3.8) is 0 Å². The summed E-state index contributed by atoms with van der Waals surface area (Å²) in [6.07, 6.45) is -2.92. The quantitative estimate of drug-likeness (QED) is 0.585. The number of hydrogen-bond acceptors (Lipinski definition) is 4. The van der Waals surface area contributed by atoms with E-state index in [4.69, 9.17) is 10.3 Å². The minimum absolute atomic E-state index is 0.205. The van der Waals surface area contributed by atoms with Crippen LogP contribution in [0.25, 0.3) is 0 Å². The normalized spacial score (nSPS) is 14.1. The third-order valence-corrected chi connectivity index (χ3v) is 1.64. The summed E-state index contributed by atoms with van der Waals surface area (Å²) >= 11 is 0. The van der Waals surface area contributed by atoms with E-state index >= 15 is 0 Å². The highest BCUT2D eigenvalue weighted by Crippen LogP contribution is 2.17. The minimum Gasteiger partial charge on any atom is -0.468 e. The molecule has 0 fully saturated rings. The summed E-state index contributed by atoms with van der Waals surface area (Å²) in [7, 11) is 0. The summed E-state index contributed by atoms with van der Waals surface area (Å²) in [5.41, 5.74) is 2.30. The highest BCUT2D eigenvalue weighted by atomic mass is 19.4. The molecule has 1 atom stereocenters. The van der Waals surface area contributed by atoms with Gasteiger partial charge in [-0.3, -0.25) is 5.84 Å². The first-order chi connectivity index (χ1) is 7.03. The first-order valence-corrected chi connectivity index (χ1v) is 4.17. The summed E-state index contributed by atoms with van der Waals surface area (Å²) in [5, 5.41) is 0. The zero-order valence-electron chi connectivity index (χ0n) is 7.75. The predicted molar refractivity (Wildman–Crippen MR) is 45.6 cm³/mol. The molecule has 0 aliphatic carbocycles. The summed E-state index contributed by atoms with van der Waals surface area (Å²) in [5.74, 6) is 5.57. The lowest BCUT2D eigenvalue weighted by atomic mass is 10.2. The van der Waals surface area contributed by atoms with Crippen LogP contribution in [0.15, 0.2) is 22.8 Å². The number of nitrogens with two attached hydrogens (primary N) is 1. The third kappa shape index (κ3) is 4.32. The van der Waals surface area contributed by atoms with Gasteiger partial charge in [-0.15, -0.1) is 0 Å². The Bertz CT molecular complexity index is 274. The molecule has 0 saturated carbocycles. The van der Waals surface area contributed by atoms with Crippen molar-refractivity contribution in [1.29, 1.82) is 0 Å². The highest BCUT2D eigenvalue weighted by molar-refractivity contribution is 5.03. The van der Waals surface area contributed by atoms with Crippen LogP contribution in [0.2, 0.25) is 0 Å². The van der Waals surface area contributed by atoms with Gasteiger partial charge in [0.05, 0.1) is 12.9 Å². The van der Waals surface area contributed by atoms with Gasteiger partial charge in [-0.25, -0.2) is 5.43 Å². The van der Waals surface area contributed by atoms with Crippen molar-refractivity contribution in [2.24, 2.45) is 5.84 Å². The van der Waals surface area contributed by atoms with Gasteiger partial charge in [0.15, 0.2) is 0 Å². The van der Waals surface area contributed by atoms with Gasteiger partial charge >= 0.3 is 6.18 Å². The molecular weight excluding hydrogens is 213 g/mol. The van der Waals surface area contributed by atoms with Crippen LogP contribution >= 0.6 is 0 Å². The van der Waals surface area contributed by atoms with E-state index in [1.165, 1.54) is 6.26 Å². The molecule has 0 aliphatic heterocycles. The fourth-order valence-corrected chi connectivity index (χ4v) is 0.994. The fourth-order valence-electron chi connectivity index (χ4n) is 0.994. The first kappa shape index (κ1) is 12.0. The van der Waals surface area contributed by atoms with E-state index in [0.29, 0.717) is 5.76 Å². The van der Waals surface area contributed by atoms with Crippen LogP contribution in [-0.2, 0) is 4.74 Å².